The number of benzene rings is 1. The first-order valence-electron chi connectivity index (χ1n) is 8.92. The van der Waals surface area contributed by atoms with Crippen LogP contribution in [0.2, 0.25) is 0 Å². The maximum Gasteiger partial charge on any atom is 0.261 e. The van der Waals surface area contributed by atoms with E-state index in [0.717, 1.165) is 24.8 Å². The van der Waals surface area contributed by atoms with Crippen LogP contribution in [0.4, 0.5) is 9.39 Å². The van der Waals surface area contributed by atoms with E-state index in [2.05, 4.69) is 17.6 Å². The molecule has 2 N–H and O–H groups in total. The van der Waals surface area contributed by atoms with Crippen LogP contribution in [0.5, 0.6) is 0 Å². The molecule has 0 bridgehead atoms. The van der Waals surface area contributed by atoms with Gasteiger partial charge in [0.05, 0.1) is 9.88 Å². The van der Waals surface area contributed by atoms with Crippen LogP contribution in [0.25, 0.3) is 0 Å². The fourth-order valence-corrected chi connectivity index (χ4v) is 4.32. The van der Waals surface area contributed by atoms with Crippen molar-refractivity contribution in [2.24, 2.45) is 5.92 Å². The maximum atomic E-state index is 13.3. The molecule has 3 rings (SSSR count). The summed E-state index contributed by atoms with van der Waals surface area (Å²) in [4.78, 5) is 25.5. The van der Waals surface area contributed by atoms with Gasteiger partial charge in [-0.15, -0.1) is 11.3 Å². The fourth-order valence-electron chi connectivity index (χ4n) is 3.35. The molecule has 138 valence electrons. The summed E-state index contributed by atoms with van der Waals surface area (Å²) in [6.45, 7) is 4.03. The van der Waals surface area contributed by atoms with Gasteiger partial charge in [0.15, 0.2) is 0 Å². The first-order valence-corrected chi connectivity index (χ1v) is 9.74. The highest BCUT2D eigenvalue weighted by atomic mass is 32.1. The fraction of sp³-hybridized carbons (Fsp3) is 0.400. The molecule has 0 spiro atoms. The number of carbonyl (C=O) groups is 2. The first-order chi connectivity index (χ1) is 12.4. The molecule has 4 nitrogen and oxygen atoms in total. The molecule has 2 atom stereocenters. The average molecular weight is 374 g/mol. The summed E-state index contributed by atoms with van der Waals surface area (Å²) in [5.41, 5.74) is 1.07. The second-order valence-electron chi connectivity index (χ2n) is 6.93. The lowest BCUT2D eigenvalue weighted by Crippen LogP contribution is -2.40. The van der Waals surface area contributed by atoms with Crippen molar-refractivity contribution in [3.8, 4) is 0 Å². The molecule has 6 heteroatoms. The predicted octanol–water partition coefficient (Wildman–Crippen LogP) is 4.76. The molecule has 1 heterocycles. The van der Waals surface area contributed by atoms with Crippen LogP contribution < -0.4 is 10.6 Å². The second-order valence-corrected chi connectivity index (χ2v) is 7.98. The summed E-state index contributed by atoms with van der Waals surface area (Å²) < 4.78 is 13.3. The van der Waals surface area contributed by atoms with Gasteiger partial charge < -0.3 is 10.6 Å². The van der Waals surface area contributed by atoms with Gasteiger partial charge in [-0.2, -0.15) is 0 Å². The average Bonchev–Trinajstić information content (AvgIpc) is 2.97. The third-order valence-electron chi connectivity index (χ3n) is 4.88. The molecular weight excluding hydrogens is 351 g/mol. The number of nitrogens with one attached hydrogen (secondary N) is 2. The van der Waals surface area contributed by atoms with E-state index in [4.69, 9.17) is 0 Å². The normalized spacial score (nSPS) is 19.8. The van der Waals surface area contributed by atoms with E-state index >= 15 is 0 Å². The van der Waals surface area contributed by atoms with E-state index in [1.807, 2.05) is 6.92 Å². The molecule has 26 heavy (non-hydrogen) atoms. The molecule has 1 saturated carbocycles. The Kier molecular flexibility index (Phi) is 5.71. The number of rotatable bonds is 4. The van der Waals surface area contributed by atoms with Crippen LogP contribution in [0.15, 0.2) is 30.3 Å². The van der Waals surface area contributed by atoms with Crippen molar-refractivity contribution < 1.29 is 14.0 Å². The number of thiophene rings is 1. The second kappa shape index (κ2) is 7.99. The quantitative estimate of drug-likeness (QED) is 0.811. The van der Waals surface area contributed by atoms with Crippen molar-refractivity contribution in [1.29, 1.82) is 0 Å². The largest absolute Gasteiger partial charge is 0.348 e. The highest BCUT2D eigenvalue weighted by Gasteiger charge is 2.25. The van der Waals surface area contributed by atoms with Crippen molar-refractivity contribution in [2.75, 3.05) is 5.32 Å². The summed E-state index contributed by atoms with van der Waals surface area (Å²) in [6.07, 6.45) is 4.53. The lowest BCUT2D eigenvalue weighted by molar-refractivity contribution is 0.0913. The minimum absolute atomic E-state index is 0.0856. The molecular formula is C20H23FN2O2S. The van der Waals surface area contributed by atoms with Gasteiger partial charge in [0.25, 0.3) is 11.8 Å². The monoisotopic (exact) mass is 374 g/mol. The summed E-state index contributed by atoms with van der Waals surface area (Å²) in [5, 5.41) is 6.47. The van der Waals surface area contributed by atoms with E-state index < -0.39 is 11.7 Å². The van der Waals surface area contributed by atoms with E-state index in [1.165, 1.54) is 36.0 Å². The summed E-state index contributed by atoms with van der Waals surface area (Å²) in [6, 6.07) is 7.52. The molecule has 0 radical (unpaired) electrons. The molecule has 1 aromatic carbocycles. The summed E-state index contributed by atoms with van der Waals surface area (Å²) in [5.74, 6) is -0.446. The Morgan fingerprint density at radius 2 is 1.92 bits per heavy atom. The Hall–Kier alpha value is -2.21. The lowest BCUT2D eigenvalue weighted by atomic mass is 9.86. The Labute approximate surface area is 156 Å². The van der Waals surface area contributed by atoms with Gasteiger partial charge in [0.2, 0.25) is 0 Å². The van der Waals surface area contributed by atoms with Gasteiger partial charge in [-0.3, -0.25) is 9.59 Å². The van der Waals surface area contributed by atoms with Gasteiger partial charge in [0, 0.05) is 11.6 Å². The number of hydrogen-bond acceptors (Lipinski definition) is 3. The van der Waals surface area contributed by atoms with E-state index in [-0.39, 0.29) is 17.5 Å². The number of carbonyl (C=O) groups excluding carboxylic acids is 2. The van der Waals surface area contributed by atoms with Crippen LogP contribution in [-0.4, -0.2) is 17.9 Å². The topological polar surface area (TPSA) is 58.2 Å². The van der Waals surface area contributed by atoms with Crippen LogP contribution in [0.3, 0.4) is 0 Å². The standard InChI is InChI=1S/C20H23FN2O2S/c1-12-6-3-4-9-16(12)22-20(25)18-13(2)10-17(26-18)23-19(24)14-7-5-8-15(21)11-14/h5,7-8,10-12,16H,3-4,6,9H2,1-2H3,(H,22,25)(H,23,24). The van der Waals surface area contributed by atoms with E-state index in [9.17, 15) is 14.0 Å². The first kappa shape index (κ1) is 18.6. The number of halogens is 1. The SMILES string of the molecule is Cc1cc(NC(=O)c2cccc(F)c2)sc1C(=O)NC1CCCCC1C. The van der Waals surface area contributed by atoms with Gasteiger partial charge in [-0.25, -0.2) is 4.39 Å². The van der Waals surface area contributed by atoms with Crippen molar-refractivity contribution in [1.82, 2.24) is 5.32 Å². The molecule has 2 aromatic rings. The van der Waals surface area contributed by atoms with Crippen molar-refractivity contribution in [3.05, 3.63) is 52.2 Å². The van der Waals surface area contributed by atoms with Crippen LogP contribution in [0.1, 0.15) is 58.2 Å². The van der Waals surface area contributed by atoms with Crippen molar-refractivity contribution in [3.63, 3.8) is 0 Å². The van der Waals surface area contributed by atoms with Crippen LogP contribution in [-0.2, 0) is 0 Å². The van der Waals surface area contributed by atoms with E-state index in [1.54, 1.807) is 12.1 Å². The zero-order valence-corrected chi connectivity index (χ0v) is 15.8. The van der Waals surface area contributed by atoms with Crippen LogP contribution >= 0.6 is 11.3 Å². The summed E-state index contributed by atoms with van der Waals surface area (Å²) in [7, 11) is 0. The smallest absolute Gasteiger partial charge is 0.261 e. The molecule has 0 saturated heterocycles. The minimum Gasteiger partial charge on any atom is -0.348 e. The molecule has 2 unspecified atom stereocenters. The molecule has 1 aromatic heterocycles. The van der Waals surface area contributed by atoms with Gasteiger partial charge in [-0.1, -0.05) is 25.8 Å². The Morgan fingerprint density at radius 1 is 1.15 bits per heavy atom. The maximum absolute atomic E-state index is 13.3. The zero-order valence-electron chi connectivity index (χ0n) is 15.0. The highest BCUT2D eigenvalue weighted by molar-refractivity contribution is 7.18. The van der Waals surface area contributed by atoms with Gasteiger partial charge in [-0.05, 0) is 55.5 Å². The number of aryl methyl sites for hydroxylation is 1. The molecule has 1 aliphatic carbocycles. The van der Waals surface area contributed by atoms with Gasteiger partial charge in [0.1, 0.15) is 5.82 Å². The highest BCUT2D eigenvalue weighted by Crippen LogP contribution is 2.29. The lowest BCUT2D eigenvalue weighted by Gasteiger charge is -2.29. The molecule has 0 aliphatic heterocycles. The number of hydrogen-bond donors (Lipinski definition) is 2. The summed E-state index contributed by atoms with van der Waals surface area (Å²) >= 11 is 1.25. The third kappa shape index (κ3) is 4.30. The van der Waals surface area contributed by atoms with Gasteiger partial charge >= 0.3 is 0 Å². The van der Waals surface area contributed by atoms with Crippen molar-refractivity contribution in [2.45, 2.75) is 45.6 Å². The Balaban J connectivity index is 1.68. The number of anilines is 1. The zero-order chi connectivity index (χ0) is 18.7. The minimum atomic E-state index is -0.457. The molecule has 1 aliphatic rings. The van der Waals surface area contributed by atoms with E-state index in [0.29, 0.717) is 15.8 Å². The number of amides is 2. The predicted molar refractivity (Wildman–Crippen MR) is 102 cm³/mol. The molecule has 2 amide bonds. The van der Waals surface area contributed by atoms with Crippen molar-refractivity contribution >= 4 is 28.2 Å². The van der Waals surface area contributed by atoms with Crippen LogP contribution in [0, 0.1) is 18.7 Å². The third-order valence-corrected chi connectivity index (χ3v) is 6.03. The molecule has 1 fully saturated rings. The Bertz CT molecular complexity index is 818. The Morgan fingerprint density at radius 3 is 2.65 bits per heavy atom.